The van der Waals surface area contributed by atoms with Gasteiger partial charge in [0.2, 0.25) is 5.91 Å². The first-order chi connectivity index (χ1) is 8.57. The number of hydrogen-bond donors (Lipinski definition) is 3. The van der Waals surface area contributed by atoms with Gasteiger partial charge in [0, 0.05) is 5.69 Å². The lowest BCUT2D eigenvalue weighted by atomic mass is 9.93. The minimum Gasteiger partial charge on any atom is -0.506 e. The zero-order valence-electron chi connectivity index (χ0n) is 10.3. The molecule has 1 amide bonds. The Bertz CT molecular complexity index is 456. The van der Waals surface area contributed by atoms with E-state index in [1.165, 1.54) is 6.07 Å². The average molecular weight is 269 g/mol. The van der Waals surface area contributed by atoms with Crippen molar-refractivity contribution in [3.05, 3.63) is 23.2 Å². The van der Waals surface area contributed by atoms with Gasteiger partial charge in [-0.15, -0.1) is 0 Å². The third-order valence-electron chi connectivity index (χ3n) is 3.49. The van der Waals surface area contributed by atoms with Crippen molar-refractivity contribution in [3.8, 4) is 5.75 Å². The van der Waals surface area contributed by atoms with Gasteiger partial charge in [-0.05, 0) is 44.0 Å². The van der Waals surface area contributed by atoms with E-state index in [0.29, 0.717) is 5.69 Å². The second-order valence-electron chi connectivity index (χ2n) is 4.59. The minimum atomic E-state index is -0.468. The van der Waals surface area contributed by atoms with Crippen LogP contribution in [0, 0.1) is 0 Å². The SMILES string of the molecule is CCC1(C(=O)Nc2ccc(O)c(Cl)c2)CCCN1. The van der Waals surface area contributed by atoms with Crippen molar-refractivity contribution in [2.24, 2.45) is 0 Å². The molecule has 4 nitrogen and oxygen atoms in total. The van der Waals surface area contributed by atoms with Crippen LogP contribution in [0.1, 0.15) is 26.2 Å². The quantitative estimate of drug-likeness (QED) is 0.738. The van der Waals surface area contributed by atoms with E-state index in [1.807, 2.05) is 6.92 Å². The van der Waals surface area contributed by atoms with Crippen molar-refractivity contribution in [3.63, 3.8) is 0 Å². The van der Waals surface area contributed by atoms with Gasteiger partial charge in [0.25, 0.3) is 0 Å². The van der Waals surface area contributed by atoms with E-state index in [0.717, 1.165) is 25.8 Å². The molecule has 1 unspecified atom stereocenters. The first-order valence-corrected chi connectivity index (χ1v) is 6.50. The van der Waals surface area contributed by atoms with Crippen molar-refractivity contribution in [2.75, 3.05) is 11.9 Å². The maximum atomic E-state index is 12.3. The molecule has 1 fully saturated rings. The topological polar surface area (TPSA) is 61.4 Å². The van der Waals surface area contributed by atoms with Gasteiger partial charge >= 0.3 is 0 Å². The number of phenols is 1. The molecule has 0 bridgehead atoms. The van der Waals surface area contributed by atoms with Crippen molar-refractivity contribution < 1.29 is 9.90 Å². The molecular formula is C13H17ClN2O2. The van der Waals surface area contributed by atoms with Crippen LogP contribution in [-0.2, 0) is 4.79 Å². The van der Waals surface area contributed by atoms with Gasteiger partial charge < -0.3 is 15.7 Å². The lowest BCUT2D eigenvalue weighted by molar-refractivity contribution is -0.122. The fourth-order valence-corrected chi connectivity index (χ4v) is 2.48. The number of nitrogens with one attached hydrogen (secondary N) is 2. The second kappa shape index (κ2) is 5.16. The summed E-state index contributed by atoms with van der Waals surface area (Å²) in [5.41, 5.74) is 0.133. The van der Waals surface area contributed by atoms with Crippen molar-refractivity contribution in [1.82, 2.24) is 5.32 Å². The van der Waals surface area contributed by atoms with E-state index in [2.05, 4.69) is 10.6 Å². The van der Waals surface area contributed by atoms with Crippen LogP contribution in [-0.4, -0.2) is 23.1 Å². The number of hydrogen-bond acceptors (Lipinski definition) is 3. The molecule has 0 saturated carbocycles. The van der Waals surface area contributed by atoms with E-state index in [4.69, 9.17) is 11.6 Å². The standard InChI is InChI=1S/C13H17ClN2O2/c1-2-13(6-3-7-15-13)12(18)16-9-4-5-11(17)10(14)8-9/h4-5,8,15,17H,2-3,6-7H2,1H3,(H,16,18). The Kier molecular flexibility index (Phi) is 3.78. The third kappa shape index (κ3) is 2.44. The summed E-state index contributed by atoms with van der Waals surface area (Å²) in [4.78, 5) is 12.3. The molecule has 0 radical (unpaired) electrons. The van der Waals surface area contributed by atoms with E-state index in [1.54, 1.807) is 12.1 Å². The maximum Gasteiger partial charge on any atom is 0.244 e. The molecule has 18 heavy (non-hydrogen) atoms. The Labute approximate surface area is 111 Å². The molecule has 1 aromatic carbocycles. The highest BCUT2D eigenvalue weighted by Crippen LogP contribution is 2.28. The summed E-state index contributed by atoms with van der Waals surface area (Å²) in [6.07, 6.45) is 2.61. The summed E-state index contributed by atoms with van der Waals surface area (Å²) in [5, 5.41) is 15.7. The maximum absolute atomic E-state index is 12.3. The largest absolute Gasteiger partial charge is 0.506 e. The molecule has 0 spiro atoms. The number of carbonyl (C=O) groups excluding carboxylic acids is 1. The fourth-order valence-electron chi connectivity index (χ4n) is 2.30. The van der Waals surface area contributed by atoms with Crippen molar-refractivity contribution in [1.29, 1.82) is 0 Å². The van der Waals surface area contributed by atoms with Gasteiger partial charge in [0.05, 0.1) is 10.6 Å². The molecule has 2 rings (SSSR count). The summed E-state index contributed by atoms with van der Waals surface area (Å²) in [5.74, 6) is -0.0249. The van der Waals surface area contributed by atoms with Gasteiger partial charge in [-0.3, -0.25) is 4.79 Å². The first-order valence-electron chi connectivity index (χ1n) is 6.12. The van der Waals surface area contributed by atoms with Crippen LogP contribution >= 0.6 is 11.6 Å². The lowest BCUT2D eigenvalue weighted by Gasteiger charge is -2.26. The Morgan fingerprint density at radius 3 is 2.94 bits per heavy atom. The Hall–Kier alpha value is -1.26. The molecule has 0 aliphatic carbocycles. The summed E-state index contributed by atoms with van der Waals surface area (Å²) < 4.78 is 0. The summed E-state index contributed by atoms with van der Waals surface area (Å²) in [7, 11) is 0. The van der Waals surface area contributed by atoms with Crippen molar-refractivity contribution >= 4 is 23.2 Å². The zero-order valence-corrected chi connectivity index (χ0v) is 11.0. The summed E-state index contributed by atoms with van der Waals surface area (Å²) in [6.45, 7) is 2.87. The van der Waals surface area contributed by atoms with Crippen LogP contribution in [0.3, 0.4) is 0 Å². The molecule has 5 heteroatoms. The number of rotatable bonds is 3. The van der Waals surface area contributed by atoms with E-state index in [-0.39, 0.29) is 16.7 Å². The van der Waals surface area contributed by atoms with E-state index in [9.17, 15) is 9.90 Å². The predicted octanol–water partition coefficient (Wildman–Crippen LogP) is 2.52. The Balaban J connectivity index is 2.13. The van der Waals surface area contributed by atoms with Crippen LogP contribution in [0.25, 0.3) is 0 Å². The predicted molar refractivity (Wildman–Crippen MR) is 72.0 cm³/mol. The number of halogens is 1. The van der Waals surface area contributed by atoms with E-state index < -0.39 is 5.54 Å². The first kappa shape index (κ1) is 13.2. The number of anilines is 1. The molecule has 1 heterocycles. The van der Waals surface area contributed by atoms with Crippen LogP contribution in [0.5, 0.6) is 5.75 Å². The summed E-state index contributed by atoms with van der Waals surface area (Å²) >= 11 is 5.81. The average Bonchev–Trinajstić information content (AvgIpc) is 2.84. The summed E-state index contributed by atoms with van der Waals surface area (Å²) in [6, 6.07) is 4.66. The molecule has 1 aliphatic rings. The normalized spacial score (nSPS) is 23.0. The molecule has 1 saturated heterocycles. The molecule has 1 atom stereocenters. The number of amides is 1. The molecular weight excluding hydrogens is 252 g/mol. The zero-order chi connectivity index (χ0) is 13.2. The molecule has 1 aromatic rings. The molecule has 1 aliphatic heterocycles. The van der Waals surface area contributed by atoms with Crippen molar-refractivity contribution in [2.45, 2.75) is 31.7 Å². The third-order valence-corrected chi connectivity index (χ3v) is 3.79. The number of benzene rings is 1. The monoisotopic (exact) mass is 268 g/mol. The van der Waals surface area contributed by atoms with Crippen LogP contribution in [0.4, 0.5) is 5.69 Å². The molecule has 3 N–H and O–H groups in total. The fraction of sp³-hybridized carbons (Fsp3) is 0.462. The van der Waals surface area contributed by atoms with Crippen LogP contribution in [0.15, 0.2) is 18.2 Å². The van der Waals surface area contributed by atoms with E-state index >= 15 is 0 Å². The number of carbonyl (C=O) groups is 1. The van der Waals surface area contributed by atoms with Gasteiger partial charge in [0.1, 0.15) is 5.75 Å². The van der Waals surface area contributed by atoms with Gasteiger partial charge in [-0.25, -0.2) is 0 Å². The highest BCUT2D eigenvalue weighted by molar-refractivity contribution is 6.32. The molecule has 98 valence electrons. The molecule has 0 aromatic heterocycles. The smallest absolute Gasteiger partial charge is 0.244 e. The van der Waals surface area contributed by atoms with Crippen LogP contribution in [0.2, 0.25) is 5.02 Å². The van der Waals surface area contributed by atoms with Gasteiger partial charge in [-0.2, -0.15) is 0 Å². The number of aromatic hydroxyl groups is 1. The lowest BCUT2D eigenvalue weighted by Crippen LogP contribution is -2.50. The van der Waals surface area contributed by atoms with Gasteiger partial charge in [0.15, 0.2) is 0 Å². The van der Waals surface area contributed by atoms with Crippen LogP contribution < -0.4 is 10.6 Å². The highest BCUT2D eigenvalue weighted by Gasteiger charge is 2.39. The Morgan fingerprint density at radius 1 is 1.61 bits per heavy atom. The highest BCUT2D eigenvalue weighted by atomic mass is 35.5. The van der Waals surface area contributed by atoms with Gasteiger partial charge in [-0.1, -0.05) is 18.5 Å². The Morgan fingerprint density at radius 2 is 2.39 bits per heavy atom. The minimum absolute atomic E-state index is 0.0128. The number of phenolic OH excluding ortho intramolecular Hbond substituents is 1. The second-order valence-corrected chi connectivity index (χ2v) is 4.99.